The van der Waals surface area contributed by atoms with Gasteiger partial charge in [-0.25, -0.2) is 9.78 Å². The van der Waals surface area contributed by atoms with Gasteiger partial charge in [-0.15, -0.1) is 0 Å². The van der Waals surface area contributed by atoms with Gasteiger partial charge >= 0.3 is 5.69 Å². The van der Waals surface area contributed by atoms with E-state index in [1.54, 1.807) is 24.3 Å². The summed E-state index contributed by atoms with van der Waals surface area (Å²) in [6.07, 6.45) is 1.34. The van der Waals surface area contributed by atoms with Crippen molar-refractivity contribution in [1.82, 2.24) is 15.3 Å². The molecule has 0 aliphatic rings. The molecule has 1 heterocycles. The van der Waals surface area contributed by atoms with E-state index in [4.69, 9.17) is 12.2 Å². The van der Waals surface area contributed by atoms with Gasteiger partial charge in [0.15, 0.2) is 5.11 Å². The fourth-order valence-corrected chi connectivity index (χ4v) is 1.56. The van der Waals surface area contributed by atoms with Crippen LogP contribution in [0.15, 0.2) is 47.4 Å². The number of hydrogen-bond donors (Lipinski definition) is 3. The standard InChI is InChI=1S/C12H10N4O2S/c17-10(8-4-2-1-3-5-8)16-12(19)15-9-6-7-13-11(18)14-9/h1-7H,(H3,13,14,15,16,17,18,19). The summed E-state index contributed by atoms with van der Waals surface area (Å²) >= 11 is 4.97. The van der Waals surface area contributed by atoms with Crippen LogP contribution >= 0.6 is 12.2 Å². The maximum atomic E-state index is 11.8. The lowest BCUT2D eigenvalue weighted by Crippen LogP contribution is -2.34. The lowest BCUT2D eigenvalue weighted by atomic mass is 10.2. The van der Waals surface area contributed by atoms with E-state index in [2.05, 4.69) is 20.6 Å². The number of carbonyl (C=O) groups is 1. The number of H-pyrrole nitrogens is 1. The molecule has 0 aliphatic carbocycles. The molecule has 0 atom stereocenters. The Hall–Kier alpha value is -2.54. The number of carbonyl (C=O) groups excluding carboxylic acids is 1. The zero-order valence-electron chi connectivity index (χ0n) is 9.71. The summed E-state index contributed by atoms with van der Waals surface area (Å²) in [4.78, 5) is 28.7. The quantitative estimate of drug-likeness (QED) is 0.708. The van der Waals surface area contributed by atoms with Crippen molar-refractivity contribution in [2.75, 3.05) is 5.32 Å². The normalized spacial score (nSPS) is 9.68. The third kappa shape index (κ3) is 3.71. The molecule has 0 spiro atoms. The number of rotatable bonds is 2. The summed E-state index contributed by atoms with van der Waals surface area (Å²) < 4.78 is 0. The Kier molecular flexibility index (Phi) is 3.99. The monoisotopic (exact) mass is 274 g/mol. The Balaban J connectivity index is 1.99. The van der Waals surface area contributed by atoms with Crippen LogP contribution in [0.25, 0.3) is 0 Å². The molecule has 0 fully saturated rings. The van der Waals surface area contributed by atoms with Crippen LogP contribution in [0.3, 0.4) is 0 Å². The van der Waals surface area contributed by atoms with Crippen LogP contribution in [-0.4, -0.2) is 21.0 Å². The first-order chi connectivity index (χ1) is 9.15. The van der Waals surface area contributed by atoms with E-state index < -0.39 is 5.69 Å². The van der Waals surface area contributed by atoms with Gasteiger partial charge in [-0.2, -0.15) is 0 Å². The molecule has 0 saturated heterocycles. The van der Waals surface area contributed by atoms with Crippen LogP contribution in [0.5, 0.6) is 0 Å². The van der Waals surface area contributed by atoms with E-state index in [0.717, 1.165) is 0 Å². The van der Waals surface area contributed by atoms with Gasteiger partial charge in [0.1, 0.15) is 5.82 Å². The largest absolute Gasteiger partial charge is 0.346 e. The van der Waals surface area contributed by atoms with Crippen LogP contribution in [0.1, 0.15) is 10.4 Å². The van der Waals surface area contributed by atoms with Crippen molar-refractivity contribution in [2.24, 2.45) is 0 Å². The van der Waals surface area contributed by atoms with Gasteiger partial charge in [0.2, 0.25) is 0 Å². The molecular weight excluding hydrogens is 264 g/mol. The molecule has 96 valence electrons. The molecule has 1 aromatic heterocycles. The smallest absolute Gasteiger partial charge is 0.319 e. The first kappa shape index (κ1) is 12.9. The van der Waals surface area contributed by atoms with E-state index >= 15 is 0 Å². The molecule has 1 amide bonds. The van der Waals surface area contributed by atoms with Crippen molar-refractivity contribution in [3.8, 4) is 0 Å². The molecule has 2 aromatic rings. The van der Waals surface area contributed by atoms with Gasteiger partial charge in [0.25, 0.3) is 5.91 Å². The second-order valence-corrected chi connectivity index (χ2v) is 3.97. The second-order valence-electron chi connectivity index (χ2n) is 3.56. The Labute approximate surface area is 113 Å². The van der Waals surface area contributed by atoms with Crippen LogP contribution in [-0.2, 0) is 0 Å². The molecule has 0 bridgehead atoms. The Morgan fingerprint density at radius 3 is 2.63 bits per heavy atom. The molecule has 3 N–H and O–H groups in total. The zero-order valence-corrected chi connectivity index (χ0v) is 10.5. The van der Waals surface area contributed by atoms with Gasteiger partial charge in [0.05, 0.1) is 0 Å². The van der Waals surface area contributed by atoms with Crippen LogP contribution in [0, 0.1) is 0 Å². The molecule has 0 unspecified atom stereocenters. The highest BCUT2D eigenvalue weighted by atomic mass is 32.1. The summed E-state index contributed by atoms with van der Waals surface area (Å²) in [5, 5.41) is 5.28. The number of anilines is 1. The van der Waals surface area contributed by atoms with Crippen molar-refractivity contribution in [3.63, 3.8) is 0 Å². The van der Waals surface area contributed by atoms with Crippen molar-refractivity contribution in [1.29, 1.82) is 0 Å². The first-order valence-electron chi connectivity index (χ1n) is 5.38. The van der Waals surface area contributed by atoms with Gasteiger partial charge in [-0.05, 0) is 30.4 Å². The summed E-state index contributed by atoms with van der Waals surface area (Å²) in [5.41, 5.74) is -0.00272. The topological polar surface area (TPSA) is 86.9 Å². The number of hydrogen-bond acceptors (Lipinski definition) is 4. The highest BCUT2D eigenvalue weighted by Gasteiger charge is 2.07. The fraction of sp³-hybridized carbons (Fsp3) is 0. The Morgan fingerprint density at radius 1 is 1.21 bits per heavy atom. The third-order valence-electron chi connectivity index (χ3n) is 2.19. The predicted octanol–water partition coefficient (Wildman–Crippen LogP) is 0.897. The minimum atomic E-state index is -0.498. The lowest BCUT2D eigenvalue weighted by Gasteiger charge is -2.08. The number of amides is 1. The van der Waals surface area contributed by atoms with Crippen molar-refractivity contribution in [2.45, 2.75) is 0 Å². The van der Waals surface area contributed by atoms with Crippen LogP contribution in [0.2, 0.25) is 0 Å². The number of thiocarbonyl (C=S) groups is 1. The van der Waals surface area contributed by atoms with Gasteiger partial charge in [-0.1, -0.05) is 18.2 Å². The number of aromatic amines is 1. The third-order valence-corrected chi connectivity index (χ3v) is 2.39. The summed E-state index contributed by atoms with van der Waals surface area (Å²) in [6.45, 7) is 0. The van der Waals surface area contributed by atoms with Crippen molar-refractivity contribution in [3.05, 3.63) is 58.6 Å². The van der Waals surface area contributed by atoms with Crippen LogP contribution < -0.4 is 16.3 Å². The molecule has 19 heavy (non-hydrogen) atoms. The summed E-state index contributed by atoms with van der Waals surface area (Å²) in [6, 6.07) is 10.2. The number of nitrogens with zero attached hydrogens (tertiary/aromatic N) is 1. The highest BCUT2D eigenvalue weighted by molar-refractivity contribution is 7.80. The van der Waals surface area contributed by atoms with Crippen molar-refractivity contribution >= 4 is 29.1 Å². The molecular formula is C12H10N4O2S. The van der Waals surface area contributed by atoms with Gasteiger partial charge < -0.3 is 5.32 Å². The van der Waals surface area contributed by atoms with E-state index in [1.165, 1.54) is 12.3 Å². The molecule has 7 heteroatoms. The van der Waals surface area contributed by atoms with Crippen LogP contribution in [0.4, 0.5) is 5.82 Å². The minimum Gasteiger partial charge on any atom is -0.319 e. The maximum Gasteiger partial charge on any atom is 0.346 e. The Bertz CT molecular complexity index is 654. The van der Waals surface area contributed by atoms with Crippen molar-refractivity contribution < 1.29 is 4.79 Å². The summed E-state index contributed by atoms with van der Waals surface area (Å²) in [5.74, 6) is 0.0351. The lowest BCUT2D eigenvalue weighted by molar-refractivity contribution is 0.0978. The van der Waals surface area contributed by atoms with E-state index in [0.29, 0.717) is 11.4 Å². The fourth-order valence-electron chi connectivity index (χ4n) is 1.36. The first-order valence-corrected chi connectivity index (χ1v) is 5.79. The number of benzene rings is 1. The zero-order chi connectivity index (χ0) is 13.7. The molecule has 2 rings (SSSR count). The molecule has 1 aromatic carbocycles. The Morgan fingerprint density at radius 2 is 1.95 bits per heavy atom. The molecule has 6 nitrogen and oxygen atoms in total. The molecule has 0 aliphatic heterocycles. The predicted molar refractivity (Wildman–Crippen MR) is 75.0 cm³/mol. The van der Waals surface area contributed by atoms with E-state index in [-0.39, 0.29) is 11.0 Å². The molecule has 0 radical (unpaired) electrons. The van der Waals surface area contributed by atoms with E-state index in [9.17, 15) is 9.59 Å². The average molecular weight is 274 g/mol. The SMILES string of the molecule is O=C(NC(=S)Nc1ccnc(=O)[nH]1)c1ccccc1. The minimum absolute atomic E-state index is 0.0932. The number of aromatic nitrogens is 2. The number of nitrogens with one attached hydrogen (secondary N) is 3. The maximum absolute atomic E-state index is 11.8. The molecule has 0 saturated carbocycles. The second kappa shape index (κ2) is 5.87. The van der Waals surface area contributed by atoms with Gasteiger partial charge in [0, 0.05) is 11.8 Å². The van der Waals surface area contributed by atoms with E-state index in [1.807, 2.05) is 6.07 Å². The average Bonchev–Trinajstić information content (AvgIpc) is 2.39. The highest BCUT2D eigenvalue weighted by Crippen LogP contribution is 1.99. The van der Waals surface area contributed by atoms with Gasteiger partial charge in [-0.3, -0.25) is 15.1 Å². The summed E-state index contributed by atoms with van der Waals surface area (Å²) in [7, 11) is 0.